The minimum Gasteiger partial charge on any atom is -0.507 e. The average Bonchev–Trinajstić information content (AvgIpc) is 3.28. The van der Waals surface area contributed by atoms with Crippen LogP contribution in [0.4, 0.5) is 0 Å². The van der Waals surface area contributed by atoms with E-state index in [1.54, 1.807) is 62.8 Å². The standard InChI is InChI=1S/C30H20O9/c1-35-17-5-3-13-11-21-19(9-15(13)7-17)26(31)24(29(33)37-21)23-25-27(39-28(23)32)20-10-16-8-18(36-2)6-4-14(16)12-22(20)38-30(25)34/h3-12,23,28,31-32H,1-2H3. The van der Waals surface area contributed by atoms with Gasteiger partial charge in [0.05, 0.1) is 42.0 Å². The van der Waals surface area contributed by atoms with Gasteiger partial charge in [0.25, 0.3) is 0 Å². The number of rotatable bonds is 3. The first-order chi connectivity index (χ1) is 18.9. The van der Waals surface area contributed by atoms with Crippen molar-refractivity contribution in [1.29, 1.82) is 0 Å². The van der Waals surface area contributed by atoms with Crippen LogP contribution in [0, 0.1) is 0 Å². The van der Waals surface area contributed by atoms with Gasteiger partial charge in [-0.05, 0) is 70.1 Å². The number of hydrogen-bond donors (Lipinski definition) is 2. The Kier molecular flexibility index (Phi) is 4.89. The largest absolute Gasteiger partial charge is 0.507 e. The number of aromatic hydroxyl groups is 1. The Morgan fingerprint density at radius 3 is 1.82 bits per heavy atom. The Bertz CT molecular complexity index is 2110. The van der Waals surface area contributed by atoms with Crippen molar-refractivity contribution < 1.29 is 33.3 Å². The van der Waals surface area contributed by atoms with Crippen LogP contribution in [0.2, 0.25) is 0 Å². The van der Waals surface area contributed by atoms with Crippen molar-refractivity contribution in [2.75, 3.05) is 14.2 Å². The summed E-state index contributed by atoms with van der Waals surface area (Å²) in [5.41, 5.74) is -1.69. The highest BCUT2D eigenvalue weighted by Gasteiger charge is 2.43. The van der Waals surface area contributed by atoms with Gasteiger partial charge in [0.2, 0.25) is 6.29 Å². The molecular formula is C30H20O9. The molecule has 7 rings (SSSR count). The molecule has 0 radical (unpaired) electrons. The molecule has 9 nitrogen and oxygen atoms in total. The number of methoxy groups -OCH3 is 2. The molecule has 3 heterocycles. The van der Waals surface area contributed by atoms with Crippen molar-refractivity contribution >= 4 is 43.5 Å². The van der Waals surface area contributed by atoms with Gasteiger partial charge < -0.3 is 33.3 Å². The molecule has 0 amide bonds. The van der Waals surface area contributed by atoms with Crippen LogP contribution in [0.3, 0.4) is 0 Å². The van der Waals surface area contributed by atoms with Crippen molar-refractivity contribution in [3.8, 4) is 23.0 Å². The summed E-state index contributed by atoms with van der Waals surface area (Å²) in [5.74, 6) is -0.441. The first-order valence-corrected chi connectivity index (χ1v) is 12.1. The molecule has 0 bridgehead atoms. The fraction of sp³-hybridized carbons (Fsp3) is 0.133. The van der Waals surface area contributed by atoms with E-state index in [9.17, 15) is 19.8 Å². The van der Waals surface area contributed by atoms with Crippen LogP contribution in [0.15, 0.2) is 79.1 Å². The third-order valence-electron chi connectivity index (χ3n) is 7.28. The smallest absolute Gasteiger partial charge is 0.344 e. The molecule has 2 aromatic heterocycles. The fourth-order valence-corrected chi connectivity index (χ4v) is 5.37. The minimum absolute atomic E-state index is 0.0746. The molecule has 6 aromatic rings. The third kappa shape index (κ3) is 3.37. The first-order valence-electron chi connectivity index (χ1n) is 12.1. The zero-order chi connectivity index (χ0) is 27.0. The van der Waals surface area contributed by atoms with Crippen LogP contribution in [0.1, 0.15) is 17.0 Å². The third-order valence-corrected chi connectivity index (χ3v) is 7.28. The summed E-state index contributed by atoms with van der Waals surface area (Å²) < 4.78 is 27.5. The van der Waals surface area contributed by atoms with Crippen molar-refractivity contribution in [3.05, 3.63) is 92.6 Å². The molecule has 39 heavy (non-hydrogen) atoms. The number of aliphatic hydroxyl groups excluding tert-OH is 1. The summed E-state index contributed by atoms with van der Waals surface area (Å²) in [6.07, 6.45) is -1.65. The predicted molar refractivity (Wildman–Crippen MR) is 143 cm³/mol. The summed E-state index contributed by atoms with van der Waals surface area (Å²) in [4.78, 5) is 26.4. The maximum atomic E-state index is 13.2. The van der Waals surface area contributed by atoms with Gasteiger partial charge in [0.1, 0.15) is 34.2 Å². The van der Waals surface area contributed by atoms with E-state index in [0.29, 0.717) is 16.9 Å². The summed E-state index contributed by atoms with van der Waals surface area (Å²) in [6, 6.07) is 17.5. The second kappa shape index (κ2) is 8.24. The molecule has 4 aromatic carbocycles. The van der Waals surface area contributed by atoms with Crippen molar-refractivity contribution in [1.82, 2.24) is 0 Å². The SMILES string of the molecule is COc1ccc2cc3oc(=O)c(C4c5c(c6cc7cc(OC)ccc7cc6oc5=O)OC4O)c(O)c3cc2c1. The van der Waals surface area contributed by atoms with Crippen LogP contribution in [0.5, 0.6) is 23.0 Å². The van der Waals surface area contributed by atoms with Crippen LogP contribution in [-0.4, -0.2) is 30.7 Å². The summed E-state index contributed by atoms with van der Waals surface area (Å²) in [7, 11) is 3.11. The molecule has 1 aliphatic rings. The lowest BCUT2D eigenvalue weighted by molar-refractivity contribution is -0.00987. The number of fused-ring (bicyclic) bond motifs is 6. The summed E-state index contributed by atoms with van der Waals surface area (Å²) in [6.45, 7) is 0. The molecular weight excluding hydrogens is 504 g/mol. The van der Waals surface area contributed by atoms with Crippen LogP contribution in [0.25, 0.3) is 43.5 Å². The maximum absolute atomic E-state index is 13.2. The van der Waals surface area contributed by atoms with Crippen molar-refractivity contribution in [2.45, 2.75) is 12.2 Å². The minimum atomic E-state index is -1.65. The van der Waals surface area contributed by atoms with Gasteiger partial charge in [-0.25, -0.2) is 9.59 Å². The zero-order valence-corrected chi connectivity index (χ0v) is 20.7. The van der Waals surface area contributed by atoms with E-state index in [1.165, 1.54) is 0 Å². The van der Waals surface area contributed by atoms with Gasteiger partial charge in [0.15, 0.2) is 0 Å². The quantitative estimate of drug-likeness (QED) is 0.248. The van der Waals surface area contributed by atoms with E-state index < -0.39 is 29.2 Å². The maximum Gasteiger partial charge on any atom is 0.344 e. The van der Waals surface area contributed by atoms with Crippen LogP contribution in [-0.2, 0) is 0 Å². The Morgan fingerprint density at radius 1 is 0.692 bits per heavy atom. The first kappa shape index (κ1) is 23.1. The van der Waals surface area contributed by atoms with E-state index in [1.807, 2.05) is 12.1 Å². The van der Waals surface area contributed by atoms with Gasteiger partial charge in [-0.1, -0.05) is 12.1 Å². The molecule has 2 atom stereocenters. The average molecular weight is 524 g/mol. The lowest BCUT2D eigenvalue weighted by atomic mass is 9.91. The highest BCUT2D eigenvalue weighted by molar-refractivity contribution is 6.01. The Balaban J connectivity index is 1.47. The van der Waals surface area contributed by atoms with Crippen LogP contribution < -0.4 is 25.5 Å². The zero-order valence-electron chi connectivity index (χ0n) is 20.7. The lowest BCUT2D eigenvalue weighted by Crippen LogP contribution is -2.26. The Labute approximate surface area is 219 Å². The van der Waals surface area contributed by atoms with E-state index in [4.69, 9.17) is 23.0 Å². The molecule has 0 spiro atoms. The fourth-order valence-electron chi connectivity index (χ4n) is 5.37. The van der Waals surface area contributed by atoms with Gasteiger partial charge in [-0.15, -0.1) is 0 Å². The van der Waals surface area contributed by atoms with Gasteiger partial charge in [-0.3, -0.25) is 0 Å². The highest BCUT2D eigenvalue weighted by Crippen LogP contribution is 2.46. The Hall–Kier alpha value is -5.02. The highest BCUT2D eigenvalue weighted by atomic mass is 16.6. The molecule has 194 valence electrons. The molecule has 2 N–H and O–H groups in total. The molecule has 2 unspecified atom stereocenters. The second-order valence-corrected chi connectivity index (χ2v) is 9.39. The topological polar surface area (TPSA) is 129 Å². The van der Waals surface area contributed by atoms with E-state index >= 15 is 0 Å². The molecule has 9 heteroatoms. The van der Waals surface area contributed by atoms with Gasteiger partial charge in [-0.2, -0.15) is 0 Å². The monoisotopic (exact) mass is 524 g/mol. The van der Waals surface area contributed by atoms with Gasteiger partial charge >= 0.3 is 11.3 Å². The number of hydrogen-bond acceptors (Lipinski definition) is 9. The summed E-state index contributed by atoms with van der Waals surface area (Å²) >= 11 is 0. The molecule has 0 saturated carbocycles. The second-order valence-electron chi connectivity index (χ2n) is 9.39. The number of aliphatic hydroxyl groups is 1. The summed E-state index contributed by atoms with van der Waals surface area (Å²) in [5, 5.41) is 26.0. The molecule has 0 aliphatic carbocycles. The predicted octanol–water partition coefficient (Wildman–Crippen LogP) is 4.77. The van der Waals surface area contributed by atoms with Crippen molar-refractivity contribution in [3.63, 3.8) is 0 Å². The van der Waals surface area contributed by atoms with E-state index in [-0.39, 0.29) is 33.4 Å². The number of benzene rings is 4. The molecule has 1 aliphatic heterocycles. The van der Waals surface area contributed by atoms with Crippen molar-refractivity contribution in [2.24, 2.45) is 0 Å². The molecule has 0 saturated heterocycles. The molecule has 0 fully saturated rings. The Morgan fingerprint density at radius 2 is 1.23 bits per heavy atom. The normalized spacial score (nSPS) is 16.6. The van der Waals surface area contributed by atoms with Crippen LogP contribution >= 0.6 is 0 Å². The van der Waals surface area contributed by atoms with Gasteiger partial charge in [0, 0.05) is 0 Å². The van der Waals surface area contributed by atoms with E-state index in [2.05, 4.69) is 0 Å². The number of ether oxygens (including phenoxy) is 3. The lowest BCUT2D eigenvalue weighted by Gasteiger charge is -2.15. The van der Waals surface area contributed by atoms with E-state index in [0.717, 1.165) is 21.5 Å².